The maximum absolute atomic E-state index is 11.7. The number of aromatic nitrogens is 3. The Hall–Kier alpha value is -3.51. The van der Waals surface area contributed by atoms with Crippen molar-refractivity contribution in [1.82, 2.24) is 15.0 Å². The second-order valence-corrected chi connectivity index (χ2v) is 14.7. The van der Waals surface area contributed by atoms with Crippen LogP contribution < -0.4 is 0 Å². The minimum Gasteiger partial charge on any atom is -0.512 e. The molecule has 0 aliphatic rings. The summed E-state index contributed by atoms with van der Waals surface area (Å²) in [4.78, 5) is 26.9. The second kappa shape index (κ2) is 17.9. The number of benzene rings is 3. The molecule has 1 radical (unpaired) electrons. The number of carbonyl (C=O) groups is 1. The van der Waals surface area contributed by atoms with Crippen LogP contribution in [-0.4, -0.2) is 25.8 Å². The molecule has 0 saturated heterocycles. The largest absolute Gasteiger partial charge is 0.512 e. The van der Waals surface area contributed by atoms with Gasteiger partial charge in [-0.05, 0) is 61.6 Å². The minimum atomic E-state index is 0. The first-order valence-electron chi connectivity index (χ1n) is 17.2. The molecule has 5 aromatic rings. The third kappa shape index (κ3) is 10.0. The van der Waals surface area contributed by atoms with Crippen molar-refractivity contribution in [3.8, 4) is 33.1 Å². The first kappa shape index (κ1) is 39.9. The summed E-state index contributed by atoms with van der Waals surface area (Å²) in [5, 5.41) is 13.2. The van der Waals surface area contributed by atoms with Crippen LogP contribution in [0.25, 0.3) is 43.9 Å². The number of aryl methyl sites for hydroxylation is 2. The molecule has 0 aliphatic carbocycles. The van der Waals surface area contributed by atoms with E-state index in [1.165, 1.54) is 27.5 Å². The Labute approximate surface area is 310 Å². The van der Waals surface area contributed by atoms with E-state index in [1.807, 2.05) is 47.0 Å². The van der Waals surface area contributed by atoms with Crippen molar-refractivity contribution in [3.63, 3.8) is 0 Å². The summed E-state index contributed by atoms with van der Waals surface area (Å²) in [6.07, 6.45) is 8.76. The van der Waals surface area contributed by atoms with Crippen molar-refractivity contribution in [3.05, 3.63) is 101 Å². The topological polar surface area (TPSA) is 76.0 Å². The molecule has 0 spiro atoms. The van der Waals surface area contributed by atoms with Crippen LogP contribution in [0.5, 0.6) is 0 Å². The number of aliphatic hydroxyl groups excluding tert-OH is 1. The molecule has 0 amide bonds. The van der Waals surface area contributed by atoms with E-state index in [9.17, 15) is 9.90 Å². The zero-order chi connectivity index (χ0) is 35.0. The van der Waals surface area contributed by atoms with Crippen LogP contribution in [0.4, 0.5) is 0 Å². The van der Waals surface area contributed by atoms with Gasteiger partial charge in [-0.2, -0.15) is 0 Å². The molecule has 0 bridgehead atoms. The van der Waals surface area contributed by atoms with Gasteiger partial charge >= 0.3 is 0 Å². The monoisotopic (exact) mass is 853 g/mol. The molecular formula is C42H50IrN3O2S-. The Bertz CT molecular complexity index is 1860. The predicted octanol–water partition coefficient (Wildman–Crippen LogP) is 11.7. The fourth-order valence-corrected chi connectivity index (χ4v) is 6.68. The summed E-state index contributed by atoms with van der Waals surface area (Å²) in [7, 11) is 0. The number of nitrogens with zero attached hydrogens (tertiary/aromatic N) is 3. The van der Waals surface area contributed by atoms with Crippen LogP contribution in [-0.2, 0) is 30.3 Å². The third-order valence-corrected chi connectivity index (χ3v) is 9.90. The minimum absolute atomic E-state index is 0. The predicted molar refractivity (Wildman–Crippen MR) is 202 cm³/mol. The number of ketones is 1. The van der Waals surface area contributed by atoms with Crippen LogP contribution in [0.2, 0.25) is 0 Å². The maximum atomic E-state index is 11.7. The molecule has 49 heavy (non-hydrogen) atoms. The number of carbonyl (C=O) groups excluding carboxylic acids is 1. The molecule has 261 valence electrons. The molecule has 2 heterocycles. The molecule has 0 unspecified atom stereocenters. The number of hydrogen-bond acceptors (Lipinski definition) is 6. The summed E-state index contributed by atoms with van der Waals surface area (Å²) in [6.45, 7) is 18.9. The van der Waals surface area contributed by atoms with E-state index in [2.05, 4.69) is 98.3 Å². The van der Waals surface area contributed by atoms with E-state index in [-0.39, 0.29) is 48.9 Å². The number of allylic oxidation sites excluding steroid dienone is 2. The van der Waals surface area contributed by atoms with E-state index >= 15 is 0 Å². The Morgan fingerprint density at radius 1 is 0.878 bits per heavy atom. The quantitative estimate of drug-likeness (QED) is 0.0860. The molecule has 7 heteroatoms. The van der Waals surface area contributed by atoms with Gasteiger partial charge in [0.25, 0.3) is 0 Å². The summed E-state index contributed by atoms with van der Waals surface area (Å²) >= 11 is 1.71. The normalized spacial score (nSPS) is 11.8. The Kier molecular flexibility index (Phi) is 14.6. The second-order valence-electron chi connectivity index (χ2n) is 13.4. The van der Waals surface area contributed by atoms with Gasteiger partial charge in [-0.15, -0.1) is 40.5 Å². The molecule has 0 fully saturated rings. The molecule has 0 saturated carbocycles. The number of hydrogen-bond donors (Lipinski definition) is 1. The van der Waals surface area contributed by atoms with Gasteiger partial charge in [0.2, 0.25) is 0 Å². The van der Waals surface area contributed by atoms with Crippen molar-refractivity contribution in [2.45, 2.75) is 93.4 Å². The summed E-state index contributed by atoms with van der Waals surface area (Å²) in [5.74, 6) is 1.25. The molecule has 3 aromatic carbocycles. The Morgan fingerprint density at radius 2 is 1.49 bits per heavy atom. The zero-order valence-corrected chi connectivity index (χ0v) is 33.6. The smallest absolute Gasteiger partial charge is 0.162 e. The Morgan fingerprint density at radius 3 is 2.06 bits per heavy atom. The number of aliphatic hydroxyl groups is 1. The van der Waals surface area contributed by atoms with Gasteiger partial charge in [0, 0.05) is 50.4 Å². The van der Waals surface area contributed by atoms with Gasteiger partial charge in [0.15, 0.2) is 5.78 Å². The van der Waals surface area contributed by atoms with Gasteiger partial charge in [-0.1, -0.05) is 102 Å². The van der Waals surface area contributed by atoms with Gasteiger partial charge in [-0.25, -0.2) is 4.98 Å². The van der Waals surface area contributed by atoms with Crippen LogP contribution in [0.3, 0.4) is 0 Å². The molecule has 0 aliphatic heterocycles. The summed E-state index contributed by atoms with van der Waals surface area (Å²) in [5.41, 5.74) is 6.47. The van der Waals surface area contributed by atoms with Crippen molar-refractivity contribution < 1.29 is 30.0 Å². The van der Waals surface area contributed by atoms with Gasteiger partial charge in [-0.3, -0.25) is 14.8 Å². The van der Waals surface area contributed by atoms with Crippen molar-refractivity contribution >= 4 is 27.9 Å². The first-order valence-corrected chi connectivity index (χ1v) is 18.0. The molecule has 5 nitrogen and oxygen atoms in total. The fourth-order valence-electron chi connectivity index (χ4n) is 5.90. The van der Waals surface area contributed by atoms with E-state index in [0.29, 0.717) is 5.82 Å². The SMILES string of the molecule is CCC(CC)C(=O)/C=C(\O)C(CC)CC.Cc1ncc(-c2ccc(-c3nc(-c4[c-]c5ccccc5c(C(C)(C)C)c4)ncc3C)cc2)s1.[Ir]. The van der Waals surface area contributed by atoms with Crippen LogP contribution >= 0.6 is 11.3 Å². The molecule has 2 aromatic heterocycles. The van der Waals surface area contributed by atoms with E-state index in [4.69, 9.17) is 4.98 Å². The van der Waals surface area contributed by atoms with E-state index in [1.54, 1.807) is 11.3 Å². The summed E-state index contributed by atoms with van der Waals surface area (Å²) < 4.78 is 0. The first-order chi connectivity index (χ1) is 22.9. The van der Waals surface area contributed by atoms with E-state index in [0.717, 1.165) is 58.5 Å². The average Bonchev–Trinajstić information content (AvgIpc) is 3.51. The zero-order valence-electron chi connectivity index (χ0n) is 30.4. The van der Waals surface area contributed by atoms with Crippen molar-refractivity contribution in [2.24, 2.45) is 11.8 Å². The molecule has 5 rings (SSSR count). The standard InChI is InChI=1S/C29H26N3S.C13H24O2.Ir/c1-18-16-31-28(23-14-22-8-6-7-9-24(22)25(15-23)29(3,4)5)32-27(18)21-12-10-20(11-13-21)26-17-30-19(2)33-26;1-5-10(6-2)12(14)9-13(15)11(7-3)8-4;/h6-13,15-17H,1-5H3;9-11,14H,5-8H2,1-4H3;/q-1;;/b;12-9-;. The van der Waals surface area contributed by atoms with Gasteiger partial charge < -0.3 is 5.11 Å². The van der Waals surface area contributed by atoms with Crippen LogP contribution in [0.1, 0.15) is 90.3 Å². The van der Waals surface area contributed by atoms with E-state index < -0.39 is 0 Å². The molecule has 0 atom stereocenters. The van der Waals surface area contributed by atoms with Crippen LogP contribution in [0.15, 0.2) is 78.8 Å². The summed E-state index contributed by atoms with van der Waals surface area (Å²) in [6, 6.07) is 22.7. The van der Waals surface area contributed by atoms with Gasteiger partial charge in [0.05, 0.1) is 27.2 Å². The maximum Gasteiger partial charge on any atom is 0.162 e. The third-order valence-electron chi connectivity index (χ3n) is 8.94. The Balaban J connectivity index is 0.000000347. The van der Waals surface area contributed by atoms with Crippen LogP contribution in [0, 0.1) is 31.7 Å². The molecule has 1 N–H and O–H groups in total. The van der Waals surface area contributed by atoms with Gasteiger partial charge in [0.1, 0.15) is 0 Å². The van der Waals surface area contributed by atoms with Crippen molar-refractivity contribution in [2.75, 3.05) is 0 Å². The fraction of sp³-hybridized carbons (Fsp3) is 0.381. The number of fused-ring (bicyclic) bond motifs is 1. The number of rotatable bonds is 10. The van der Waals surface area contributed by atoms with Crippen molar-refractivity contribution in [1.29, 1.82) is 0 Å². The number of thiazole rings is 1. The average molecular weight is 853 g/mol. The molecular weight excluding hydrogens is 803 g/mol.